The van der Waals surface area contributed by atoms with E-state index < -0.39 is 0 Å². The van der Waals surface area contributed by atoms with E-state index in [1.165, 1.54) is 6.21 Å². The number of ether oxygens (including phenoxy) is 2. The predicted octanol–water partition coefficient (Wildman–Crippen LogP) is 2.89. The van der Waals surface area contributed by atoms with E-state index in [1.807, 2.05) is 12.1 Å². The molecule has 1 heterocycles. The average molecular weight is 327 g/mol. The lowest BCUT2D eigenvalue weighted by Crippen LogP contribution is -2.18. The molecule has 24 heavy (non-hydrogen) atoms. The van der Waals surface area contributed by atoms with E-state index in [2.05, 4.69) is 29.4 Å². The first-order chi connectivity index (χ1) is 11.6. The lowest BCUT2D eigenvalue weighted by atomic mass is 10.2. The Morgan fingerprint density at radius 3 is 2.79 bits per heavy atom. The fraction of sp³-hybridized carbons (Fsp3) is 0.278. The van der Waals surface area contributed by atoms with Crippen LogP contribution in [0.4, 0.5) is 0 Å². The van der Waals surface area contributed by atoms with Gasteiger partial charge in [0.25, 0.3) is 5.91 Å². The first-order valence-corrected chi connectivity index (χ1v) is 7.65. The second-order valence-corrected chi connectivity index (χ2v) is 5.53. The molecule has 2 rings (SSSR count). The van der Waals surface area contributed by atoms with Crippen LogP contribution in [0.1, 0.15) is 29.9 Å². The van der Waals surface area contributed by atoms with Gasteiger partial charge >= 0.3 is 0 Å². The Bertz CT molecular complexity index is 700. The second-order valence-electron chi connectivity index (χ2n) is 5.53. The minimum absolute atomic E-state index is 0.310. The zero-order valence-corrected chi connectivity index (χ0v) is 14.0. The number of hydrogen-bond acceptors (Lipinski definition) is 5. The van der Waals surface area contributed by atoms with Crippen molar-refractivity contribution in [2.24, 2.45) is 11.0 Å². The Morgan fingerprint density at radius 2 is 2.12 bits per heavy atom. The molecule has 2 aromatic rings. The van der Waals surface area contributed by atoms with Crippen molar-refractivity contribution in [3.63, 3.8) is 0 Å². The summed E-state index contributed by atoms with van der Waals surface area (Å²) in [5, 5.41) is 3.94. The van der Waals surface area contributed by atoms with Crippen molar-refractivity contribution >= 4 is 12.1 Å². The van der Waals surface area contributed by atoms with Gasteiger partial charge in [-0.25, -0.2) is 5.43 Å². The highest BCUT2D eigenvalue weighted by atomic mass is 16.5. The van der Waals surface area contributed by atoms with Crippen LogP contribution in [-0.2, 0) is 0 Å². The number of nitrogens with zero attached hydrogens (tertiary/aromatic N) is 2. The van der Waals surface area contributed by atoms with Gasteiger partial charge in [0, 0.05) is 6.20 Å². The van der Waals surface area contributed by atoms with Crippen LogP contribution in [0.15, 0.2) is 47.7 Å². The molecule has 0 spiro atoms. The van der Waals surface area contributed by atoms with E-state index in [0.29, 0.717) is 29.7 Å². The molecule has 0 aliphatic carbocycles. The first-order valence-electron chi connectivity index (χ1n) is 7.65. The quantitative estimate of drug-likeness (QED) is 0.627. The van der Waals surface area contributed by atoms with Crippen LogP contribution in [0.3, 0.4) is 0 Å². The lowest BCUT2D eigenvalue weighted by molar-refractivity contribution is 0.0950. The molecule has 1 aromatic carbocycles. The van der Waals surface area contributed by atoms with Crippen LogP contribution in [0.5, 0.6) is 11.5 Å². The van der Waals surface area contributed by atoms with Crippen molar-refractivity contribution in [3.8, 4) is 11.5 Å². The number of pyridine rings is 1. The van der Waals surface area contributed by atoms with Gasteiger partial charge in [-0.2, -0.15) is 5.10 Å². The molecule has 126 valence electrons. The number of carbonyl (C=O) groups is 1. The summed E-state index contributed by atoms with van der Waals surface area (Å²) < 4.78 is 11.0. The van der Waals surface area contributed by atoms with E-state index in [4.69, 9.17) is 9.47 Å². The third-order valence-electron chi connectivity index (χ3n) is 3.04. The molecule has 0 fully saturated rings. The summed E-state index contributed by atoms with van der Waals surface area (Å²) in [7, 11) is 1.58. The number of nitrogens with one attached hydrogen (secondary N) is 1. The number of amides is 1. The van der Waals surface area contributed by atoms with Crippen LogP contribution in [0, 0.1) is 5.92 Å². The van der Waals surface area contributed by atoms with Gasteiger partial charge in [-0.05, 0) is 41.8 Å². The number of hydrogen-bond donors (Lipinski definition) is 1. The maximum atomic E-state index is 11.8. The molecule has 0 bridgehead atoms. The van der Waals surface area contributed by atoms with Gasteiger partial charge in [0.15, 0.2) is 11.5 Å². The van der Waals surface area contributed by atoms with E-state index in [9.17, 15) is 4.79 Å². The highest BCUT2D eigenvalue weighted by Crippen LogP contribution is 2.27. The smallest absolute Gasteiger partial charge is 0.289 e. The van der Waals surface area contributed by atoms with Crippen LogP contribution >= 0.6 is 0 Å². The van der Waals surface area contributed by atoms with Gasteiger partial charge in [0.05, 0.1) is 19.9 Å². The molecule has 0 aliphatic heterocycles. The summed E-state index contributed by atoms with van der Waals surface area (Å²) in [6.07, 6.45) is 3.09. The van der Waals surface area contributed by atoms with Crippen LogP contribution in [0.25, 0.3) is 0 Å². The highest BCUT2D eigenvalue weighted by molar-refractivity contribution is 5.93. The summed E-state index contributed by atoms with van der Waals surface area (Å²) in [5.74, 6) is 1.37. The molecule has 1 N–H and O–H groups in total. The fourth-order valence-corrected chi connectivity index (χ4v) is 1.86. The van der Waals surface area contributed by atoms with Crippen molar-refractivity contribution in [3.05, 3.63) is 53.9 Å². The maximum Gasteiger partial charge on any atom is 0.289 e. The zero-order valence-electron chi connectivity index (χ0n) is 14.0. The Kier molecular flexibility index (Phi) is 6.31. The standard InChI is InChI=1S/C18H21N3O3/c1-13(2)12-24-16-8-7-14(10-17(16)23-3)11-20-21-18(22)15-6-4-5-9-19-15/h4-11,13H,12H2,1-3H3,(H,21,22)/b20-11-. The van der Waals surface area contributed by atoms with Gasteiger partial charge in [-0.3, -0.25) is 9.78 Å². The molecule has 6 nitrogen and oxygen atoms in total. The second kappa shape index (κ2) is 8.67. The average Bonchev–Trinajstić information content (AvgIpc) is 2.61. The predicted molar refractivity (Wildman–Crippen MR) is 92.6 cm³/mol. The molecule has 0 radical (unpaired) electrons. The molecule has 1 aromatic heterocycles. The van der Waals surface area contributed by atoms with Crippen molar-refractivity contribution in [2.45, 2.75) is 13.8 Å². The highest BCUT2D eigenvalue weighted by Gasteiger charge is 2.07. The lowest BCUT2D eigenvalue weighted by Gasteiger charge is -2.12. The summed E-state index contributed by atoms with van der Waals surface area (Å²) in [5.41, 5.74) is 3.53. The number of methoxy groups -OCH3 is 1. The van der Waals surface area contributed by atoms with Crippen LogP contribution in [-0.4, -0.2) is 30.8 Å². The van der Waals surface area contributed by atoms with Crippen molar-refractivity contribution in [1.82, 2.24) is 10.4 Å². The fourth-order valence-electron chi connectivity index (χ4n) is 1.86. The van der Waals surface area contributed by atoms with Gasteiger partial charge in [-0.1, -0.05) is 19.9 Å². The molecule has 0 aliphatic rings. The Hall–Kier alpha value is -2.89. The number of rotatable bonds is 7. The number of hydrazone groups is 1. The normalized spacial score (nSPS) is 10.8. The monoisotopic (exact) mass is 327 g/mol. The Morgan fingerprint density at radius 1 is 1.29 bits per heavy atom. The minimum atomic E-state index is -0.365. The summed E-state index contributed by atoms with van der Waals surface area (Å²) in [6, 6.07) is 10.6. The summed E-state index contributed by atoms with van der Waals surface area (Å²) in [4.78, 5) is 15.8. The Balaban J connectivity index is 2.00. The van der Waals surface area contributed by atoms with Gasteiger partial charge < -0.3 is 9.47 Å². The molecule has 0 atom stereocenters. The molecule has 1 amide bonds. The van der Waals surface area contributed by atoms with E-state index in [1.54, 1.807) is 37.6 Å². The molecule has 0 unspecified atom stereocenters. The first kappa shape index (κ1) is 17.5. The van der Waals surface area contributed by atoms with Crippen molar-refractivity contribution < 1.29 is 14.3 Å². The molecule has 0 saturated carbocycles. The van der Waals surface area contributed by atoms with Crippen molar-refractivity contribution in [1.29, 1.82) is 0 Å². The van der Waals surface area contributed by atoms with Gasteiger partial charge in [0.2, 0.25) is 0 Å². The third kappa shape index (κ3) is 5.08. The van der Waals surface area contributed by atoms with Crippen LogP contribution in [0.2, 0.25) is 0 Å². The minimum Gasteiger partial charge on any atom is -0.493 e. The number of carbonyl (C=O) groups excluding carboxylic acids is 1. The largest absolute Gasteiger partial charge is 0.493 e. The van der Waals surface area contributed by atoms with E-state index >= 15 is 0 Å². The van der Waals surface area contributed by atoms with Crippen molar-refractivity contribution in [2.75, 3.05) is 13.7 Å². The number of aromatic nitrogens is 1. The zero-order chi connectivity index (χ0) is 17.4. The maximum absolute atomic E-state index is 11.8. The van der Waals surface area contributed by atoms with E-state index in [-0.39, 0.29) is 5.91 Å². The van der Waals surface area contributed by atoms with Crippen LogP contribution < -0.4 is 14.9 Å². The number of benzene rings is 1. The van der Waals surface area contributed by atoms with Gasteiger partial charge in [-0.15, -0.1) is 0 Å². The summed E-state index contributed by atoms with van der Waals surface area (Å²) >= 11 is 0. The van der Waals surface area contributed by atoms with E-state index in [0.717, 1.165) is 5.56 Å². The third-order valence-corrected chi connectivity index (χ3v) is 3.04. The molecule has 0 saturated heterocycles. The topological polar surface area (TPSA) is 72.8 Å². The summed E-state index contributed by atoms with van der Waals surface area (Å²) in [6.45, 7) is 4.78. The Labute approximate surface area is 141 Å². The van der Waals surface area contributed by atoms with Gasteiger partial charge in [0.1, 0.15) is 5.69 Å². The molecular weight excluding hydrogens is 306 g/mol. The SMILES string of the molecule is COc1cc(/C=N\NC(=O)c2ccccn2)ccc1OCC(C)C. The molecule has 6 heteroatoms. The molecular formula is C18H21N3O3.